The number of amides is 1. The van der Waals surface area contributed by atoms with Crippen LogP contribution >= 0.6 is 0 Å². The minimum atomic E-state index is -0.526. The van der Waals surface area contributed by atoms with E-state index >= 15 is 0 Å². The number of aromatic nitrogens is 4. The maximum absolute atomic E-state index is 13.3. The van der Waals surface area contributed by atoms with E-state index in [1.165, 1.54) is 23.8 Å². The van der Waals surface area contributed by atoms with Gasteiger partial charge in [0.2, 0.25) is 5.91 Å². The quantitative estimate of drug-likeness (QED) is 0.476. The average molecular weight is 483 g/mol. The van der Waals surface area contributed by atoms with E-state index in [1.54, 1.807) is 18.0 Å². The average Bonchev–Trinajstić information content (AvgIpc) is 3.30. The second-order valence-electron chi connectivity index (χ2n) is 8.92. The van der Waals surface area contributed by atoms with Gasteiger partial charge in [0, 0.05) is 44.7 Å². The predicted molar refractivity (Wildman–Crippen MR) is 136 cm³/mol. The summed E-state index contributed by atoms with van der Waals surface area (Å²) in [6.07, 6.45) is 6.83. The summed E-state index contributed by atoms with van der Waals surface area (Å²) in [5.41, 5.74) is 1.35. The van der Waals surface area contributed by atoms with E-state index in [4.69, 9.17) is 4.74 Å². The normalized spacial score (nSPS) is 13.9. The minimum absolute atomic E-state index is 0.302. The second kappa shape index (κ2) is 11.4. The lowest BCUT2D eigenvalue weighted by Crippen LogP contribution is -2.43. The van der Waals surface area contributed by atoms with Gasteiger partial charge in [-0.3, -0.25) is 14.2 Å². The van der Waals surface area contributed by atoms with Crippen LogP contribution < -0.4 is 21.5 Å². The number of benzene rings is 1. The molecule has 0 saturated carbocycles. The Morgan fingerprint density at radius 2 is 1.80 bits per heavy atom. The summed E-state index contributed by atoms with van der Waals surface area (Å²) in [5, 5.41) is 2.82. The number of carbonyl (C=O) groups excluding carboxylic acids is 1. The molecule has 1 aromatic carbocycles. The van der Waals surface area contributed by atoms with Crippen molar-refractivity contribution >= 4 is 28.4 Å². The van der Waals surface area contributed by atoms with Crippen molar-refractivity contribution in [3.05, 3.63) is 51.4 Å². The van der Waals surface area contributed by atoms with Crippen molar-refractivity contribution < 1.29 is 9.53 Å². The molecule has 0 bridgehead atoms. The molecule has 4 rings (SSSR count). The van der Waals surface area contributed by atoms with Gasteiger partial charge in [-0.1, -0.05) is 13.3 Å². The van der Waals surface area contributed by atoms with Crippen molar-refractivity contribution in [1.29, 1.82) is 0 Å². The summed E-state index contributed by atoms with van der Waals surface area (Å²) in [6.45, 7) is 4.98. The molecule has 0 atom stereocenters. The Labute approximate surface area is 204 Å². The highest BCUT2D eigenvalue weighted by Crippen LogP contribution is 2.21. The number of carbonyl (C=O) groups is 1. The number of anilines is 2. The van der Waals surface area contributed by atoms with Gasteiger partial charge >= 0.3 is 5.69 Å². The number of hydrogen-bond donors (Lipinski definition) is 1. The second-order valence-corrected chi connectivity index (χ2v) is 8.92. The van der Waals surface area contributed by atoms with Crippen LogP contribution in [-0.4, -0.2) is 51.4 Å². The van der Waals surface area contributed by atoms with Crippen LogP contribution in [0.2, 0.25) is 0 Å². The molecular weight excluding hydrogens is 448 g/mol. The van der Waals surface area contributed by atoms with Crippen molar-refractivity contribution in [2.45, 2.75) is 58.7 Å². The smallest absolute Gasteiger partial charge is 0.333 e. The molecule has 1 aliphatic heterocycles. The van der Waals surface area contributed by atoms with Crippen LogP contribution in [0.15, 0.2) is 40.2 Å². The summed E-state index contributed by atoms with van der Waals surface area (Å²) in [4.78, 5) is 46.0. The number of rotatable bonds is 10. The van der Waals surface area contributed by atoms with Crippen LogP contribution in [0.1, 0.15) is 39.0 Å². The van der Waals surface area contributed by atoms with Gasteiger partial charge in [0.1, 0.15) is 6.54 Å². The number of nitrogens with one attached hydrogen (secondary N) is 1. The van der Waals surface area contributed by atoms with E-state index in [0.717, 1.165) is 36.2 Å². The fourth-order valence-corrected chi connectivity index (χ4v) is 4.51. The molecule has 3 heterocycles. The van der Waals surface area contributed by atoms with Crippen LogP contribution in [0.3, 0.4) is 0 Å². The number of unbranched alkanes of at least 4 members (excludes halogenated alkanes) is 1. The van der Waals surface area contributed by atoms with Crippen LogP contribution in [0, 0.1) is 0 Å². The Kier molecular flexibility index (Phi) is 8.02. The largest absolute Gasteiger partial charge is 0.383 e. The van der Waals surface area contributed by atoms with E-state index in [9.17, 15) is 14.4 Å². The summed E-state index contributed by atoms with van der Waals surface area (Å²) in [5.74, 6) is -0.431. The molecule has 1 amide bonds. The molecule has 0 unspecified atom stereocenters. The van der Waals surface area contributed by atoms with Crippen molar-refractivity contribution in [2.75, 3.05) is 37.0 Å². The van der Waals surface area contributed by atoms with Crippen molar-refractivity contribution in [2.24, 2.45) is 0 Å². The molecule has 0 aliphatic carbocycles. The monoisotopic (exact) mass is 482 g/mol. The van der Waals surface area contributed by atoms with Gasteiger partial charge in [-0.2, -0.15) is 0 Å². The summed E-state index contributed by atoms with van der Waals surface area (Å²) < 4.78 is 9.31. The Hall–Kier alpha value is -3.40. The van der Waals surface area contributed by atoms with Gasteiger partial charge in [-0.15, -0.1) is 0 Å². The maximum atomic E-state index is 13.3. The summed E-state index contributed by atoms with van der Waals surface area (Å²) in [6, 6.07) is 7.69. The lowest BCUT2D eigenvalue weighted by Gasteiger charge is -2.28. The molecule has 10 heteroatoms. The van der Waals surface area contributed by atoms with E-state index < -0.39 is 17.2 Å². The number of nitrogens with zero attached hydrogens (tertiary/aromatic N) is 5. The zero-order chi connectivity index (χ0) is 24.8. The molecule has 3 aromatic rings. The van der Waals surface area contributed by atoms with Gasteiger partial charge in [0.25, 0.3) is 5.56 Å². The SMILES string of the molecule is CCCCn1c(=O)n(CC(=O)Nc2ccc(N3CCCCC3)cc2)c(=O)c2c1ncn2CCOC. The third-order valence-corrected chi connectivity index (χ3v) is 6.43. The lowest BCUT2D eigenvalue weighted by atomic mass is 10.1. The minimum Gasteiger partial charge on any atom is -0.383 e. The van der Waals surface area contributed by atoms with Crippen molar-refractivity contribution in [3.63, 3.8) is 0 Å². The molecule has 0 spiro atoms. The maximum Gasteiger partial charge on any atom is 0.333 e. The number of methoxy groups -OCH3 is 1. The van der Waals surface area contributed by atoms with E-state index in [-0.39, 0.29) is 6.54 Å². The van der Waals surface area contributed by atoms with Crippen molar-refractivity contribution in [3.8, 4) is 0 Å². The third kappa shape index (κ3) is 5.48. The zero-order valence-corrected chi connectivity index (χ0v) is 20.5. The van der Waals surface area contributed by atoms with Gasteiger partial charge in [0.15, 0.2) is 11.2 Å². The van der Waals surface area contributed by atoms with E-state index in [2.05, 4.69) is 15.2 Å². The first-order chi connectivity index (χ1) is 17.0. The molecule has 188 valence electrons. The van der Waals surface area contributed by atoms with E-state index in [0.29, 0.717) is 36.5 Å². The number of piperidine rings is 1. The highest BCUT2D eigenvalue weighted by Gasteiger charge is 2.20. The summed E-state index contributed by atoms with van der Waals surface area (Å²) >= 11 is 0. The number of ether oxygens (including phenoxy) is 1. The first-order valence-corrected chi connectivity index (χ1v) is 12.4. The standard InChI is InChI=1S/C25H34N6O4/c1-3-4-14-30-23-22(29(18-26-23)15-16-35-2)24(33)31(25(30)34)17-21(32)27-19-8-10-20(11-9-19)28-12-6-5-7-13-28/h8-11,18H,3-7,12-17H2,1-2H3,(H,27,32). The Bertz CT molecular complexity index is 1270. The number of fused-ring (bicyclic) bond motifs is 1. The molecule has 1 saturated heterocycles. The van der Waals surface area contributed by atoms with Gasteiger partial charge in [0.05, 0.1) is 12.9 Å². The van der Waals surface area contributed by atoms with Crippen LogP contribution in [0.5, 0.6) is 0 Å². The highest BCUT2D eigenvalue weighted by molar-refractivity contribution is 5.90. The Balaban J connectivity index is 1.58. The molecule has 10 nitrogen and oxygen atoms in total. The number of imidazole rings is 1. The number of aryl methyl sites for hydroxylation is 1. The van der Waals surface area contributed by atoms with Gasteiger partial charge in [-0.25, -0.2) is 14.3 Å². The van der Waals surface area contributed by atoms with Crippen molar-refractivity contribution in [1.82, 2.24) is 18.7 Å². The van der Waals surface area contributed by atoms with E-state index in [1.807, 2.05) is 31.2 Å². The highest BCUT2D eigenvalue weighted by atomic mass is 16.5. The lowest BCUT2D eigenvalue weighted by molar-refractivity contribution is -0.116. The van der Waals surface area contributed by atoms with Crippen LogP contribution in [-0.2, 0) is 29.2 Å². The van der Waals surface area contributed by atoms with Crippen LogP contribution in [0.4, 0.5) is 11.4 Å². The molecule has 35 heavy (non-hydrogen) atoms. The Morgan fingerprint density at radius 3 is 2.49 bits per heavy atom. The van der Waals surface area contributed by atoms with Crippen LogP contribution in [0.25, 0.3) is 11.2 Å². The predicted octanol–water partition coefficient (Wildman–Crippen LogP) is 2.44. The fourth-order valence-electron chi connectivity index (χ4n) is 4.51. The first-order valence-electron chi connectivity index (χ1n) is 12.4. The topological polar surface area (TPSA) is 103 Å². The molecular formula is C25H34N6O4. The molecule has 2 aromatic heterocycles. The Morgan fingerprint density at radius 1 is 1.06 bits per heavy atom. The third-order valence-electron chi connectivity index (χ3n) is 6.43. The summed E-state index contributed by atoms with van der Waals surface area (Å²) in [7, 11) is 1.58. The molecule has 1 fully saturated rings. The first kappa shape index (κ1) is 24.7. The molecule has 0 radical (unpaired) electrons. The van der Waals surface area contributed by atoms with Gasteiger partial charge in [-0.05, 0) is 49.9 Å². The molecule has 1 aliphatic rings. The number of hydrogen-bond acceptors (Lipinski definition) is 6. The van der Waals surface area contributed by atoms with Gasteiger partial charge < -0.3 is 19.5 Å². The zero-order valence-electron chi connectivity index (χ0n) is 20.5. The fraction of sp³-hybridized carbons (Fsp3) is 0.520. The molecule has 1 N–H and O–H groups in total.